The van der Waals surface area contributed by atoms with Crippen molar-refractivity contribution in [3.63, 3.8) is 0 Å². The van der Waals surface area contributed by atoms with Crippen LogP contribution in [0, 0.1) is 0 Å². The second-order valence-electron chi connectivity index (χ2n) is 8.06. The standard InChI is InChI=1S/C22H26FN5O2/c1-13(22(2,3)23)26-19-17(20(24)29)11-25-28-12-16(10-18(19)28)14-6-8-15(9-7-14)21(30)27(4)5/h6-13,26H,1-5H3,(H2,24,29). The Morgan fingerprint density at radius 1 is 1.20 bits per heavy atom. The molecule has 7 nitrogen and oxygen atoms in total. The number of amides is 2. The molecule has 0 saturated heterocycles. The molecule has 158 valence electrons. The van der Waals surface area contributed by atoms with Gasteiger partial charge < -0.3 is 16.0 Å². The molecule has 1 unspecified atom stereocenters. The maximum Gasteiger partial charge on any atom is 0.253 e. The van der Waals surface area contributed by atoms with E-state index in [9.17, 15) is 14.0 Å². The summed E-state index contributed by atoms with van der Waals surface area (Å²) in [7, 11) is 3.40. The minimum atomic E-state index is -1.51. The molecule has 0 aliphatic rings. The van der Waals surface area contributed by atoms with Crippen molar-refractivity contribution in [1.82, 2.24) is 14.5 Å². The Hall–Kier alpha value is -3.42. The molecular weight excluding hydrogens is 385 g/mol. The lowest BCUT2D eigenvalue weighted by atomic mass is 10.0. The fourth-order valence-electron chi connectivity index (χ4n) is 3.00. The quantitative estimate of drug-likeness (QED) is 0.651. The SMILES string of the molecule is CC(Nc1c(C(N)=O)cnn2cc(-c3ccc(C(=O)N(C)C)cc3)cc12)C(C)(C)F. The van der Waals surface area contributed by atoms with E-state index in [4.69, 9.17) is 5.73 Å². The molecule has 3 rings (SSSR count). The van der Waals surface area contributed by atoms with E-state index in [1.54, 1.807) is 43.9 Å². The van der Waals surface area contributed by atoms with E-state index in [0.717, 1.165) is 11.1 Å². The Morgan fingerprint density at radius 2 is 1.83 bits per heavy atom. The van der Waals surface area contributed by atoms with Crippen molar-refractivity contribution in [3.05, 3.63) is 53.9 Å². The Balaban J connectivity index is 2.06. The van der Waals surface area contributed by atoms with E-state index in [1.165, 1.54) is 24.9 Å². The largest absolute Gasteiger partial charge is 0.377 e. The molecule has 2 heterocycles. The number of primary amides is 1. The summed E-state index contributed by atoms with van der Waals surface area (Å²) in [5.41, 5.74) is 7.53. The Bertz CT molecular complexity index is 1100. The molecular formula is C22H26FN5O2. The highest BCUT2D eigenvalue weighted by molar-refractivity contribution is 6.02. The Labute approximate surface area is 174 Å². The van der Waals surface area contributed by atoms with Crippen LogP contribution in [0.3, 0.4) is 0 Å². The number of carbonyl (C=O) groups excluding carboxylic acids is 2. The van der Waals surface area contributed by atoms with Crippen LogP contribution in [0.15, 0.2) is 42.7 Å². The number of nitrogens with zero attached hydrogens (tertiary/aromatic N) is 3. The first-order valence-corrected chi connectivity index (χ1v) is 9.57. The zero-order chi connectivity index (χ0) is 22.2. The van der Waals surface area contributed by atoms with Gasteiger partial charge in [-0.3, -0.25) is 9.59 Å². The van der Waals surface area contributed by atoms with E-state index >= 15 is 0 Å². The summed E-state index contributed by atoms with van der Waals surface area (Å²) in [6.07, 6.45) is 3.18. The molecule has 1 atom stereocenters. The third kappa shape index (κ3) is 4.12. The van der Waals surface area contributed by atoms with Crippen molar-refractivity contribution in [2.45, 2.75) is 32.5 Å². The molecule has 0 aliphatic heterocycles. The van der Waals surface area contributed by atoms with E-state index in [2.05, 4.69) is 10.4 Å². The van der Waals surface area contributed by atoms with Gasteiger partial charge in [-0.2, -0.15) is 5.10 Å². The van der Waals surface area contributed by atoms with E-state index < -0.39 is 17.6 Å². The first kappa shape index (κ1) is 21.3. The number of rotatable bonds is 6. The van der Waals surface area contributed by atoms with Crippen molar-refractivity contribution in [3.8, 4) is 11.1 Å². The summed E-state index contributed by atoms with van der Waals surface area (Å²) in [5, 5.41) is 7.36. The van der Waals surface area contributed by atoms with Crippen LogP contribution in [0.2, 0.25) is 0 Å². The molecule has 0 fully saturated rings. The molecule has 30 heavy (non-hydrogen) atoms. The number of carbonyl (C=O) groups is 2. The lowest BCUT2D eigenvalue weighted by molar-refractivity contribution is 0.0827. The zero-order valence-corrected chi connectivity index (χ0v) is 17.7. The smallest absolute Gasteiger partial charge is 0.253 e. The predicted molar refractivity (Wildman–Crippen MR) is 115 cm³/mol. The topological polar surface area (TPSA) is 92.7 Å². The molecule has 0 aliphatic carbocycles. The lowest BCUT2D eigenvalue weighted by Crippen LogP contribution is -2.36. The van der Waals surface area contributed by atoms with Gasteiger partial charge in [0.2, 0.25) is 0 Å². The second kappa shape index (κ2) is 7.78. The number of benzene rings is 1. The van der Waals surface area contributed by atoms with Gasteiger partial charge in [-0.1, -0.05) is 12.1 Å². The van der Waals surface area contributed by atoms with Gasteiger partial charge in [-0.15, -0.1) is 0 Å². The molecule has 0 spiro atoms. The predicted octanol–water partition coefficient (Wildman–Crippen LogP) is 3.35. The number of hydrogen-bond donors (Lipinski definition) is 2. The molecule has 3 aromatic rings. The van der Waals surface area contributed by atoms with Gasteiger partial charge >= 0.3 is 0 Å². The fraction of sp³-hybridized carbons (Fsp3) is 0.318. The number of nitrogens with two attached hydrogens (primary N) is 1. The van der Waals surface area contributed by atoms with Gasteiger partial charge in [-0.25, -0.2) is 8.91 Å². The van der Waals surface area contributed by atoms with Crippen LogP contribution in [-0.2, 0) is 0 Å². The van der Waals surface area contributed by atoms with E-state index in [-0.39, 0.29) is 11.5 Å². The third-order valence-electron chi connectivity index (χ3n) is 5.16. The van der Waals surface area contributed by atoms with E-state index in [0.29, 0.717) is 16.8 Å². The van der Waals surface area contributed by atoms with E-state index in [1.807, 2.05) is 18.2 Å². The molecule has 1 aromatic carbocycles. The van der Waals surface area contributed by atoms with Crippen molar-refractivity contribution in [2.75, 3.05) is 19.4 Å². The number of alkyl halides is 1. The van der Waals surface area contributed by atoms with Crippen molar-refractivity contribution < 1.29 is 14.0 Å². The first-order valence-electron chi connectivity index (χ1n) is 9.57. The maximum atomic E-state index is 14.4. The van der Waals surface area contributed by atoms with Crippen LogP contribution in [0.5, 0.6) is 0 Å². The van der Waals surface area contributed by atoms with Gasteiger partial charge in [0.25, 0.3) is 11.8 Å². The normalized spacial score (nSPS) is 12.6. The summed E-state index contributed by atoms with van der Waals surface area (Å²) < 4.78 is 16.0. The highest BCUT2D eigenvalue weighted by Gasteiger charge is 2.27. The number of hydrogen-bond acceptors (Lipinski definition) is 4. The second-order valence-corrected chi connectivity index (χ2v) is 8.06. The Morgan fingerprint density at radius 3 is 2.37 bits per heavy atom. The maximum absolute atomic E-state index is 14.4. The van der Waals surface area contributed by atoms with Gasteiger partial charge in [0.15, 0.2) is 0 Å². The molecule has 8 heteroatoms. The number of nitrogens with one attached hydrogen (secondary N) is 1. The summed E-state index contributed by atoms with van der Waals surface area (Å²) in [6.45, 7) is 4.63. The number of fused-ring (bicyclic) bond motifs is 1. The fourth-order valence-corrected chi connectivity index (χ4v) is 3.00. The summed E-state index contributed by atoms with van der Waals surface area (Å²) in [4.78, 5) is 25.5. The van der Waals surface area contributed by atoms with Gasteiger partial charge in [0.1, 0.15) is 5.67 Å². The highest BCUT2D eigenvalue weighted by atomic mass is 19.1. The molecule has 0 bridgehead atoms. The van der Waals surface area contributed by atoms with Gasteiger partial charge in [-0.05, 0) is 44.5 Å². The van der Waals surface area contributed by atoms with Gasteiger partial charge in [0, 0.05) is 31.4 Å². The molecule has 0 radical (unpaired) electrons. The molecule has 3 N–H and O–H groups in total. The van der Waals surface area contributed by atoms with Crippen LogP contribution in [0.4, 0.5) is 10.1 Å². The van der Waals surface area contributed by atoms with Crippen LogP contribution < -0.4 is 11.1 Å². The first-order chi connectivity index (χ1) is 14.0. The minimum absolute atomic E-state index is 0.0781. The number of aromatic nitrogens is 2. The van der Waals surface area contributed by atoms with Crippen molar-refractivity contribution in [1.29, 1.82) is 0 Å². The zero-order valence-electron chi connectivity index (χ0n) is 17.7. The van der Waals surface area contributed by atoms with Crippen molar-refractivity contribution in [2.24, 2.45) is 5.73 Å². The summed E-state index contributed by atoms with van der Waals surface area (Å²) >= 11 is 0. The summed E-state index contributed by atoms with van der Waals surface area (Å²) in [6, 6.07) is 8.49. The molecule has 2 aromatic heterocycles. The van der Waals surface area contributed by atoms with Crippen LogP contribution in [-0.4, -0.2) is 52.1 Å². The molecule has 2 amide bonds. The number of anilines is 1. The highest BCUT2D eigenvalue weighted by Crippen LogP contribution is 2.30. The van der Waals surface area contributed by atoms with Crippen LogP contribution in [0.1, 0.15) is 41.5 Å². The minimum Gasteiger partial charge on any atom is -0.377 e. The monoisotopic (exact) mass is 411 g/mol. The van der Waals surface area contributed by atoms with Gasteiger partial charge in [0.05, 0.1) is 29.0 Å². The molecule has 0 saturated carbocycles. The average molecular weight is 411 g/mol. The third-order valence-corrected chi connectivity index (χ3v) is 5.16. The Kier molecular flexibility index (Phi) is 5.52. The van der Waals surface area contributed by atoms with Crippen molar-refractivity contribution >= 4 is 23.0 Å². The number of halogens is 1. The van der Waals surface area contributed by atoms with Crippen LogP contribution >= 0.6 is 0 Å². The van der Waals surface area contributed by atoms with Crippen LogP contribution in [0.25, 0.3) is 16.6 Å². The summed E-state index contributed by atoms with van der Waals surface area (Å²) in [5.74, 6) is -0.726. The lowest BCUT2D eigenvalue weighted by Gasteiger charge is -2.26. The average Bonchev–Trinajstić information content (AvgIpc) is 3.11.